The van der Waals surface area contributed by atoms with Gasteiger partial charge in [0.15, 0.2) is 0 Å². The van der Waals surface area contributed by atoms with Gasteiger partial charge in [0.1, 0.15) is 5.82 Å². The van der Waals surface area contributed by atoms with E-state index in [9.17, 15) is 12.8 Å². The maximum atomic E-state index is 13.1. The van der Waals surface area contributed by atoms with E-state index in [2.05, 4.69) is 4.72 Å². The molecule has 0 saturated heterocycles. The summed E-state index contributed by atoms with van der Waals surface area (Å²) in [5, 5.41) is 0. The van der Waals surface area contributed by atoms with Crippen molar-refractivity contribution in [1.82, 2.24) is 0 Å². The molecule has 20 heavy (non-hydrogen) atoms. The quantitative estimate of drug-likeness (QED) is 0.877. The molecule has 0 saturated carbocycles. The van der Waals surface area contributed by atoms with E-state index in [-0.39, 0.29) is 4.90 Å². The van der Waals surface area contributed by atoms with E-state index in [0.29, 0.717) is 11.3 Å². The number of thioether (sulfide) groups is 1. The van der Waals surface area contributed by atoms with Gasteiger partial charge in [-0.15, -0.1) is 11.8 Å². The molecule has 3 nitrogen and oxygen atoms in total. The van der Waals surface area contributed by atoms with Crippen molar-refractivity contribution in [3.05, 3.63) is 53.8 Å². The number of halogens is 1. The van der Waals surface area contributed by atoms with Crippen LogP contribution in [0.3, 0.4) is 0 Å². The summed E-state index contributed by atoms with van der Waals surface area (Å²) in [6.07, 6.45) is 1.87. The van der Waals surface area contributed by atoms with Crippen molar-refractivity contribution >= 4 is 27.5 Å². The Morgan fingerprint density at radius 3 is 2.50 bits per heavy atom. The highest BCUT2D eigenvalue weighted by Gasteiger charge is 2.18. The topological polar surface area (TPSA) is 46.2 Å². The molecule has 0 aliphatic carbocycles. The molecule has 0 bridgehead atoms. The second-order valence-corrected chi connectivity index (χ2v) is 6.71. The fraction of sp³-hybridized carbons (Fsp3) is 0.143. The van der Waals surface area contributed by atoms with Crippen LogP contribution in [0.4, 0.5) is 10.1 Å². The van der Waals surface area contributed by atoms with E-state index < -0.39 is 15.8 Å². The van der Waals surface area contributed by atoms with Gasteiger partial charge in [-0.2, -0.15) is 0 Å². The molecule has 2 aromatic carbocycles. The van der Waals surface area contributed by atoms with Crippen LogP contribution in [0, 0.1) is 12.7 Å². The number of anilines is 1. The van der Waals surface area contributed by atoms with Crippen molar-refractivity contribution in [2.24, 2.45) is 0 Å². The summed E-state index contributed by atoms with van der Waals surface area (Å²) >= 11 is 1.45. The zero-order chi connectivity index (χ0) is 14.8. The summed E-state index contributed by atoms with van der Waals surface area (Å²) in [6, 6.07) is 10.7. The zero-order valence-electron chi connectivity index (χ0n) is 11.1. The van der Waals surface area contributed by atoms with E-state index in [4.69, 9.17) is 0 Å². The molecule has 0 amide bonds. The maximum absolute atomic E-state index is 13.1. The van der Waals surface area contributed by atoms with E-state index in [1.54, 1.807) is 19.1 Å². The number of nitrogens with one attached hydrogen (secondary N) is 1. The van der Waals surface area contributed by atoms with Crippen molar-refractivity contribution in [1.29, 1.82) is 0 Å². The minimum Gasteiger partial charge on any atom is -0.278 e. The number of aryl methyl sites for hydroxylation is 1. The summed E-state index contributed by atoms with van der Waals surface area (Å²) < 4.78 is 40.3. The Labute approximate surface area is 122 Å². The Hall–Kier alpha value is -1.53. The van der Waals surface area contributed by atoms with Crippen LogP contribution in [0.15, 0.2) is 52.3 Å². The molecule has 0 spiro atoms. The predicted molar refractivity (Wildman–Crippen MR) is 80.2 cm³/mol. The SMILES string of the molecule is CSc1ccccc1NS(=O)(=O)c1ccc(F)cc1C. The summed E-state index contributed by atoms with van der Waals surface area (Å²) in [4.78, 5) is 0.908. The third-order valence-electron chi connectivity index (χ3n) is 2.78. The van der Waals surface area contributed by atoms with Crippen molar-refractivity contribution in [2.75, 3.05) is 11.0 Å². The molecule has 6 heteroatoms. The van der Waals surface area contributed by atoms with Gasteiger partial charge in [0.2, 0.25) is 0 Å². The monoisotopic (exact) mass is 311 g/mol. The fourth-order valence-corrected chi connectivity index (χ4v) is 3.77. The van der Waals surface area contributed by atoms with Crippen LogP contribution in [0.1, 0.15) is 5.56 Å². The molecule has 2 aromatic rings. The standard InChI is InChI=1S/C14H14FNO2S2/c1-10-9-11(15)7-8-14(10)20(17,18)16-12-5-3-4-6-13(12)19-2/h3-9,16H,1-2H3. The molecule has 0 aromatic heterocycles. The molecule has 0 aliphatic heterocycles. The molecule has 0 fully saturated rings. The number of hydrogen-bond donors (Lipinski definition) is 1. The van der Waals surface area contributed by atoms with Gasteiger partial charge in [-0.25, -0.2) is 12.8 Å². The minimum atomic E-state index is -3.72. The first kappa shape index (κ1) is 14.9. The molecular weight excluding hydrogens is 297 g/mol. The van der Waals surface area contributed by atoms with Gasteiger partial charge >= 0.3 is 0 Å². The average Bonchev–Trinajstić information content (AvgIpc) is 2.38. The number of para-hydroxylation sites is 1. The second-order valence-electron chi connectivity index (χ2n) is 4.22. The first-order valence-corrected chi connectivity index (χ1v) is 8.57. The van der Waals surface area contributed by atoms with Gasteiger partial charge in [-0.1, -0.05) is 12.1 Å². The zero-order valence-corrected chi connectivity index (χ0v) is 12.7. The first-order chi connectivity index (χ1) is 9.44. The van der Waals surface area contributed by atoms with Crippen molar-refractivity contribution in [3.8, 4) is 0 Å². The van der Waals surface area contributed by atoms with Gasteiger partial charge in [0.05, 0.1) is 10.6 Å². The third-order valence-corrected chi connectivity index (χ3v) is 5.10. The summed E-state index contributed by atoms with van der Waals surface area (Å²) in [7, 11) is -3.72. The average molecular weight is 311 g/mol. The Morgan fingerprint density at radius 1 is 1.15 bits per heavy atom. The lowest BCUT2D eigenvalue weighted by molar-refractivity contribution is 0.598. The van der Waals surface area contributed by atoms with Crippen LogP contribution in [-0.4, -0.2) is 14.7 Å². The van der Waals surface area contributed by atoms with Crippen LogP contribution >= 0.6 is 11.8 Å². The molecule has 106 valence electrons. The fourth-order valence-electron chi connectivity index (χ4n) is 1.84. The largest absolute Gasteiger partial charge is 0.278 e. The lowest BCUT2D eigenvalue weighted by atomic mass is 10.2. The smallest absolute Gasteiger partial charge is 0.262 e. The molecule has 0 radical (unpaired) electrons. The van der Waals surface area contributed by atoms with Gasteiger partial charge in [0, 0.05) is 4.90 Å². The van der Waals surface area contributed by atoms with Crippen LogP contribution in [-0.2, 0) is 10.0 Å². The Balaban J connectivity index is 2.41. The van der Waals surface area contributed by atoms with E-state index in [1.807, 2.05) is 18.4 Å². The number of sulfonamides is 1. The Kier molecular flexibility index (Phi) is 4.35. The molecule has 0 aliphatic rings. The van der Waals surface area contributed by atoms with Crippen LogP contribution in [0.5, 0.6) is 0 Å². The third kappa shape index (κ3) is 3.13. The molecule has 0 unspecified atom stereocenters. The lowest BCUT2D eigenvalue weighted by Crippen LogP contribution is -2.14. The van der Waals surface area contributed by atoms with E-state index in [0.717, 1.165) is 11.0 Å². The minimum absolute atomic E-state index is 0.0785. The van der Waals surface area contributed by atoms with Gasteiger partial charge in [-0.3, -0.25) is 4.72 Å². The van der Waals surface area contributed by atoms with Crippen LogP contribution in [0.25, 0.3) is 0 Å². The number of benzene rings is 2. The summed E-state index contributed by atoms with van der Waals surface area (Å²) in [6.45, 7) is 1.57. The number of rotatable bonds is 4. The molecule has 1 N–H and O–H groups in total. The van der Waals surface area contributed by atoms with Crippen molar-refractivity contribution in [2.45, 2.75) is 16.7 Å². The summed E-state index contributed by atoms with van der Waals surface area (Å²) in [5.74, 6) is -0.453. The number of hydrogen-bond acceptors (Lipinski definition) is 3. The first-order valence-electron chi connectivity index (χ1n) is 5.86. The van der Waals surface area contributed by atoms with Crippen molar-refractivity contribution in [3.63, 3.8) is 0 Å². The second kappa shape index (κ2) is 5.85. The Morgan fingerprint density at radius 2 is 1.85 bits per heavy atom. The predicted octanol–water partition coefficient (Wildman–Crippen LogP) is 3.66. The Bertz CT molecular complexity index is 730. The molecular formula is C14H14FNO2S2. The maximum Gasteiger partial charge on any atom is 0.262 e. The van der Waals surface area contributed by atoms with E-state index in [1.165, 1.54) is 23.9 Å². The van der Waals surface area contributed by atoms with Gasteiger partial charge < -0.3 is 0 Å². The summed E-state index contributed by atoms with van der Waals surface area (Å²) in [5.41, 5.74) is 0.892. The van der Waals surface area contributed by atoms with E-state index >= 15 is 0 Å². The lowest BCUT2D eigenvalue weighted by Gasteiger charge is -2.12. The van der Waals surface area contributed by atoms with Gasteiger partial charge in [0.25, 0.3) is 10.0 Å². The van der Waals surface area contributed by atoms with Gasteiger partial charge in [-0.05, 0) is 49.1 Å². The highest BCUT2D eigenvalue weighted by molar-refractivity contribution is 7.99. The van der Waals surface area contributed by atoms with Crippen LogP contribution in [0.2, 0.25) is 0 Å². The normalized spacial score (nSPS) is 11.3. The molecule has 0 atom stereocenters. The highest BCUT2D eigenvalue weighted by Crippen LogP contribution is 2.27. The van der Waals surface area contributed by atoms with Crippen LogP contribution < -0.4 is 4.72 Å². The van der Waals surface area contributed by atoms with Crippen molar-refractivity contribution < 1.29 is 12.8 Å². The molecule has 2 rings (SSSR count). The molecule has 0 heterocycles. The highest BCUT2D eigenvalue weighted by atomic mass is 32.2.